The molecule has 0 saturated heterocycles. The minimum Gasteiger partial charge on any atom is -0.507 e. The summed E-state index contributed by atoms with van der Waals surface area (Å²) in [4.78, 5) is 9.60. The molecule has 0 saturated carbocycles. The van der Waals surface area contributed by atoms with Gasteiger partial charge in [0.25, 0.3) is 0 Å². The van der Waals surface area contributed by atoms with Crippen molar-refractivity contribution in [3.05, 3.63) is 65.3 Å². The number of anilines is 1. The summed E-state index contributed by atoms with van der Waals surface area (Å²) in [6.45, 7) is 2.06. The van der Waals surface area contributed by atoms with E-state index in [1.165, 1.54) is 18.1 Å². The van der Waals surface area contributed by atoms with E-state index in [0.717, 1.165) is 21.3 Å². The van der Waals surface area contributed by atoms with E-state index < -0.39 is 0 Å². The van der Waals surface area contributed by atoms with Gasteiger partial charge in [0.1, 0.15) is 22.7 Å². The van der Waals surface area contributed by atoms with Gasteiger partial charge in [-0.15, -0.1) is 11.3 Å². The summed E-state index contributed by atoms with van der Waals surface area (Å²) in [6.07, 6.45) is 3.04. The van der Waals surface area contributed by atoms with E-state index in [2.05, 4.69) is 57.1 Å². The van der Waals surface area contributed by atoms with Crippen LogP contribution in [0.1, 0.15) is 11.1 Å². The molecule has 0 bridgehead atoms. The Bertz CT molecular complexity index is 1150. The van der Waals surface area contributed by atoms with E-state index in [-0.39, 0.29) is 5.75 Å². The molecular weight excluding hydrogens is 372 g/mol. The topological polar surface area (TPSA) is 79.6 Å². The molecule has 0 amide bonds. The fourth-order valence-corrected chi connectivity index (χ4v) is 3.75. The number of methoxy groups -OCH3 is 1. The highest BCUT2D eigenvalue weighted by atomic mass is 32.1. The monoisotopic (exact) mass is 390 g/mol. The predicted octanol–water partition coefficient (Wildman–Crippen LogP) is 4.83. The molecule has 2 N–H and O–H groups in total. The average Bonchev–Trinajstić information content (AvgIpc) is 3.15. The van der Waals surface area contributed by atoms with E-state index in [9.17, 15) is 5.11 Å². The number of ether oxygens (including phenoxy) is 1. The van der Waals surface area contributed by atoms with Crippen molar-refractivity contribution in [2.45, 2.75) is 6.92 Å². The van der Waals surface area contributed by atoms with Crippen molar-refractivity contribution in [1.29, 1.82) is 0 Å². The first-order valence-corrected chi connectivity index (χ1v) is 9.49. The van der Waals surface area contributed by atoms with Gasteiger partial charge in [0, 0.05) is 16.5 Å². The van der Waals surface area contributed by atoms with Gasteiger partial charge in [-0.3, -0.25) is 5.43 Å². The Morgan fingerprint density at radius 2 is 1.96 bits per heavy atom. The van der Waals surface area contributed by atoms with Crippen molar-refractivity contribution in [2.24, 2.45) is 5.10 Å². The zero-order valence-corrected chi connectivity index (χ0v) is 16.2. The number of hydrazone groups is 1. The van der Waals surface area contributed by atoms with Crippen LogP contribution in [0.5, 0.6) is 11.5 Å². The van der Waals surface area contributed by atoms with Crippen LogP contribution >= 0.6 is 11.3 Å². The van der Waals surface area contributed by atoms with Gasteiger partial charge in [-0.25, -0.2) is 9.97 Å². The van der Waals surface area contributed by atoms with Crippen LogP contribution in [0.15, 0.2) is 59.3 Å². The van der Waals surface area contributed by atoms with Crippen LogP contribution in [0.4, 0.5) is 5.82 Å². The van der Waals surface area contributed by atoms with Gasteiger partial charge in [0.2, 0.25) is 0 Å². The van der Waals surface area contributed by atoms with E-state index in [1.54, 1.807) is 36.6 Å². The number of nitrogens with one attached hydrogen (secondary N) is 1. The van der Waals surface area contributed by atoms with Gasteiger partial charge in [0.05, 0.1) is 18.7 Å². The molecule has 7 heteroatoms. The Balaban J connectivity index is 1.68. The Morgan fingerprint density at radius 1 is 1.14 bits per heavy atom. The smallest absolute Gasteiger partial charge is 0.159 e. The summed E-state index contributed by atoms with van der Waals surface area (Å²) >= 11 is 1.56. The fourth-order valence-electron chi connectivity index (χ4n) is 2.83. The summed E-state index contributed by atoms with van der Waals surface area (Å²) in [5.74, 6) is 1.37. The van der Waals surface area contributed by atoms with E-state index in [1.807, 2.05) is 0 Å². The lowest BCUT2D eigenvalue weighted by molar-refractivity contribution is 0.412. The fraction of sp³-hybridized carbons (Fsp3) is 0.0952. The molecule has 140 valence electrons. The number of nitrogens with zero attached hydrogens (tertiary/aromatic N) is 3. The Morgan fingerprint density at radius 3 is 2.75 bits per heavy atom. The molecule has 0 atom stereocenters. The molecule has 0 spiro atoms. The second kappa shape index (κ2) is 7.66. The highest BCUT2D eigenvalue weighted by Gasteiger charge is 2.12. The molecule has 4 aromatic rings. The molecule has 0 aliphatic rings. The number of rotatable bonds is 5. The van der Waals surface area contributed by atoms with Crippen LogP contribution < -0.4 is 10.2 Å². The molecule has 0 fully saturated rings. The van der Waals surface area contributed by atoms with Gasteiger partial charge >= 0.3 is 0 Å². The molecule has 2 aromatic heterocycles. The SMILES string of the molecule is COc1ccc(O)c(C=NNc2ncnc3scc(-c4ccc(C)cc4)c23)c1. The zero-order valence-electron chi connectivity index (χ0n) is 15.4. The molecule has 2 aromatic carbocycles. The van der Waals surface area contributed by atoms with Gasteiger partial charge in [-0.1, -0.05) is 29.8 Å². The maximum absolute atomic E-state index is 9.98. The third-order valence-electron chi connectivity index (χ3n) is 4.34. The summed E-state index contributed by atoms with van der Waals surface area (Å²) in [6, 6.07) is 13.3. The van der Waals surface area contributed by atoms with Crippen molar-refractivity contribution in [1.82, 2.24) is 9.97 Å². The first-order valence-electron chi connectivity index (χ1n) is 8.61. The van der Waals surface area contributed by atoms with Crippen molar-refractivity contribution in [3.8, 4) is 22.6 Å². The Labute approximate surface area is 166 Å². The molecular formula is C21H18N4O2S. The lowest BCUT2D eigenvalue weighted by atomic mass is 10.0. The van der Waals surface area contributed by atoms with Crippen LogP contribution in [0.2, 0.25) is 0 Å². The number of aromatic hydroxyl groups is 1. The summed E-state index contributed by atoms with van der Waals surface area (Å²) < 4.78 is 5.18. The molecule has 0 radical (unpaired) electrons. The summed E-state index contributed by atoms with van der Waals surface area (Å²) in [7, 11) is 1.58. The Kier molecular flexibility index (Phi) is 4.90. The number of phenols is 1. The van der Waals surface area contributed by atoms with E-state index in [0.29, 0.717) is 17.1 Å². The summed E-state index contributed by atoms with van der Waals surface area (Å²) in [5, 5.41) is 17.2. The number of phenolic OH excluding ortho intramolecular Hbond substituents is 1. The van der Waals surface area contributed by atoms with Crippen LogP contribution in [0.25, 0.3) is 21.3 Å². The third kappa shape index (κ3) is 3.52. The normalized spacial score (nSPS) is 11.2. The standard InChI is InChI=1S/C21H18N4O2S/c1-13-3-5-14(6-4-13)17-11-28-21-19(17)20(22-12-23-21)25-24-10-15-9-16(27-2)7-8-18(15)26/h3-12,26H,1-2H3,(H,22,23,25). The molecule has 0 aliphatic heterocycles. The number of hydrogen-bond acceptors (Lipinski definition) is 7. The van der Waals surface area contributed by atoms with Crippen molar-refractivity contribution >= 4 is 33.6 Å². The van der Waals surface area contributed by atoms with Crippen molar-refractivity contribution in [3.63, 3.8) is 0 Å². The number of hydrogen-bond donors (Lipinski definition) is 2. The van der Waals surface area contributed by atoms with E-state index in [4.69, 9.17) is 4.74 Å². The number of aryl methyl sites for hydroxylation is 1. The molecule has 28 heavy (non-hydrogen) atoms. The first-order chi connectivity index (χ1) is 13.7. The largest absolute Gasteiger partial charge is 0.507 e. The van der Waals surface area contributed by atoms with Crippen LogP contribution in [0.3, 0.4) is 0 Å². The summed E-state index contributed by atoms with van der Waals surface area (Å²) in [5.41, 5.74) is 6.89. The number of thiophene rings is 1. The highest BCUT2D eigenvalue weighted by molar-refractivity contribution is 7.17. The van der Waals surface area contributed by atoms with Gasteiger partial charge in [-0.05, 0) is 30.7 Å². The highest BCUT2D eigenvalue weighted by Crippen LogP contribution is 2.36. The van der Waals surface area contributed by atoms with Crippen molar-refractivity contribution in [2.75, 3.05) is 12.5 Å². The third-order valence-corrected chi connectivity index (χ3v) is 5.23. The zero-order chi connectivity index (χ0) is 19.5. The number of aromatic nitrogens is 2. The first kappa shape index (κ1) is 17.9. The van der Waals surface area contributed by atoms with Crippen molar-refractivity contribution < 1.29 is 9.84 Å². The number of fused-ring (bicyclic) bond motifs is 1. The maximum atomic E-state index is 9.98. The second-order valence-corrected chi connectivity index (χ2v) is 7.07. The van der Waals surface area contributed by atoms with Crippen LogP contribution in [0, 0.1) is 6.92 Å². The molecule has 0 aliphatic carbocycles. The van der Waals surface area contributed by atoms with Gasteiger partial charge < -0.3 is 9.84 Å². The molecule has 0 unspecified atom stereocenters. The quantitative estimate of drug-likeness (QED) is 0.377. The molecule has 4 rings (SSSR count). The van der Waals surface area contributed by atoms with E-state index >= 15 is 0 Å². The minimum atomic E-state index is 0.120. The van der Waals surface area contributed by atoms with Gasteiger partial charge in [0.15, 0.2) is 5.82 Å². The lowest BCUT2D eigenvalue weighted by Gasteiger charge is -2.06. The lowest BCUT2D eigenvalue weighted by Crippen LogP contribution is -1.96. The average molecular weight is 390 g/mol. The maximum Gasteiger partial charge on any atom is 0.159 e. The molecule has 6 nitrogen and oxygen atoms in total. The predicted molar refractivity (Wildman–Crippen MR) is 113 cm³/mol. The second-order valence-electron chi connectivity index (χ2n) is 6.21. The van der Waals surface area contributed by atoms with Gasteiger partial charge in [-0.2, -0.15) is 5.10 Å². The molecule has 2 heterocycles. The minimum absolute atomic E-state index is 0.120. The number of benzene rings is 2. The Hall–Kier alpha value is -3.45. The van der Waals surface area contributed by atoms with Crippen LogP contribution in [-0.2, 0) is 0 Å². The van der Waals surface area contributed by atoms with Crippen LogP contribution in [-0.4, -0.2) is 28.4 Å².